The predicted molar refractivity (Wildman–Crippen MR) is 82.1 cm³/mol. The molecule has 0 radical (unpaired) electrons. The van der Waals surface area contributed by atoms with E-state index in [0.29, 0.717) is 12.1 Å². The maximum atomic E-state index is 11.7. The second-order valence-corrected chi connectivity index (χ2v) is 4.68. The summed E-state index contributed by atoms with van der Waals surface area (Å²) in [6.45, 7) is 7.82. The van der Waals surface area contributed by atoms with Crippen molar-refractivity contribution in [2.45, 2.75) is 13.8 Å². The highest BCUT2D eigenvalue weighted by Crippen LogP contribution is 2.13. The van der Waals surface area contributed by atoms with E-state index in [1.165, 1.54) is 23.1 Å². The van der Waals surface area contributed by atoms with Crippen molar-refractivity contribution in [2.24, 2.45) is 0 Å². The molecule has 0 aromatic heterocycles. The zero-order chi connectivity index (χ0) is 15.7. The Morgan fingerprint density at radius 2 is 2.10 bits per heavy atom. The van der Waals surface area contributed by atoms with Crippen LogP contribution in [-0.2, 0) is 4.79 Å². The number of rotatable bonds is 8. The van der Waals surface area contributed by atoms with E-state index in [0.717, 1.165) is 19.6 Å². The van der Waals surface area contributed by atoms with E-state index in [2.05, 4.69) is 19.2 Å². The SMILES string of the molecule is CC[NH+](CC)CCNC(=O)/C=C/c1cccc([N+](=O)[O-])c1. The Hall–Kier alpha value is -2.21. The van der Waals surface area contributed by atoms with Crippen molar-refractivity contribution < 1.29 is 14.6 Å². The summed E-state index contributed by atoms with van der Waals surface area (Å²) in [6.07, 6.45) is 2.98. The van der Waals surface area contributed by atoms with Crippen molar-refractivity contribution in [1.29, 1.82) is 0 Å². The van der Waals surface area contributed by atoms with Crippen LogP contribution in [0.4, 0.5) is 5.69 Å². The summed E-state index contributed by atoms with van der Waals surface area (Å²) in [5.74, 6) is -0.187. The molecule has 0 aliphatic heterocycles. The molecule has 0 bridgehead atoms. The van der Waals surface area contributed by atoms with E-state index in [9.17, 15) is 14.9 Å². The molecule has 114 valence electrons. The van der Waals surface area contributed by atoms with Gasteiger partial charge in [-0.2, -0.15) is 0 Å². The van der Waals surface area contributed by atoms with Crippen molar-refractivity contribution in [1.82, 2.24) is 5.32 Å². The van der Waals surface area contributed by atoms with Crippen LogP contribution < -0.4 is 10.2 Å². The molecule has 0 saturated carbocycles. The summed E-state index contributed by atoms with van der Waals surface area (Å²) in [6, 6.07) is 6.17. The van der Waals surface area contributed by atoms with Gasteiger partial charge in [-0.25, -0.2) is 0 Å². The van der Waals surface area contributed by atoms with Gasteiger partial charge in [-0.1, -0.05) is 12.1 Å². The Bertz CT molecular complexity index is 511. The fourth-order valence-electron chi connectivity index (χ4n) is 1.94. The number of carbonyl (C=O) groups is 1. The normalized spacial score (nSPS) is 11.0. The number of amides is 1. The highest BCUT2D eigenvalue weighted by Gasteiger charge is 2.05. The van der Waals surface area contributed by atoms with Crippen molar-refractivity contribution in [3.05, 3.63) is 46.0 Å². The van der Waals surface area contributed by atoms with Gasteiger partial charge in [0.2, 0.25) is 5.91 Å². The van der Waals surface area contributed by atoms with Gasteiger partial charge < -0.3 is 10.2 Å². The van der Waals surface area contributed by atoms with Gasteiger partial charge >= 0.3 is 0 Å². The molecule has 0 fully saturated rings. The van der Waals surface area contributed by atoms with Gasteiger partial charge in [0.1, 0.15) is 0 Å². The number of nitrogens with one attached hydrogen (secondary N) is 2. The Morgan fingerprint density at radius 3 is 2.71 bits per heavy atom. The molecule has 2 N–H and O–H groups in total. The zero-order valence-corrected chi connectivity index (χ0v) is 12.5. The predicted octanol–water partition coefficient (Wildman–Crippen LogP) is 0.649. The Morgan fingerprint density at radius 1 is 1.38 bits per heavy atom. The highest BCUT2D eigenvalue weighted by molar-refractivity contribution is 5.91. The van der Waals surface area contributed by atoms with E-state index in [-0.39, 0.29) is 11.6 Å². The Balaban J connectivity index is 2.47. The lowest BCUT2D eigenvalue weighted by Crippen LogP contribution is -3.12. The Labute approximate surface area is 124 Å². The number of carbonyl (C=O) groups excluding carboxylic acids is 1. The van der Waals surface area contributed by atoms with Crippen molar-refractivity contribution >= 4 is 17.7 Å². The van der Waals surface area contributed by atoms with E-state index < -0.39 is 4.92 Å². The number of likely N-dealkylation sites (N-methyl/N-ethyl adjacent to an activating group) is 1. The van der Waals surface area contributed by atoms with Gasteiger partial charge in [-0.15, -0.1) is 0 Å². The molecule has 1 aromatic carbocycles. The number of hydrogen-bond acceptors (Lipinski definition) is 3. The van der Waals surface area contributed by atoms with Crippen LogP contribution in [0.25, 0.3) is 6.08 Å². The van der Waals surface area contributed by atoms with E-state index in [1.807, 2.05) is 0 Å². The number of benzene rings is 1. The van der Waals surface area contributed by atoms with Gasteiger partial charge in [0.15, 0.2) is 0 Å². The summed E-state index contributed by atoms with van der Waals surface area (Å²) in [4.78, 5) is 23.3. The smallest absolute Gasteiger partial charge is 0.270 e. The maximum Gasteiger partial charge on any atom is 0.270 e. The fourth-order valence-corrected chi connectivity index (χ4v) is 1.94. The monoisotopic (exact) mass is 292 g/mol. The summed E-state index contributed by atoms with van der Waals surface area (Å²) in [7, 11) is 0. The quantitative estimate of drug-likeness (QED) is 0.419. The summed E-state index contributed by atoms with van der Waals surface area (Å²) in [5.41, 5.74) is 0.649. The van der Waals surface area contributed by atoms with E-state index in [1.54, 1.807) is 18.2 Å². The van der Waals surface area contributed by atoms with Crippen LogP contribution in [0.5, 0.6) is 0 Å². The van der Waals surface area contributed by atoms with Crippen LogP contribution >= 0.6 is 0 Å². The molecule has 6 heteroatoms. The molecule has 0 heterocycles. The molecule has 1 aromatic rings. The first-order valence-corrected chi connectivity index (χ1v) is 7.10. The van der Waals surface area contributed by atoms with Gasteiger partial charge in [0.25, 0.3) is 5.69 Å². The van der Waals surface area contributed by atoms with Crippen molar-refractivity contribution in [3.63, 3.8) is 0 Å². The molecule has 21 heavy (non-hydrogen) atoms. The van der Waals surface area contributed by atoms with Crippen molar-refractivity contribution in [3.8, 4) is 0 Å². The first-order valence-electron chi connectivity index (χ1n) is 7.10. The molecular weight excluding hydrogens is 270 g/mol. The van der Waals surface area contributed by atoms with Gasteiger partial charge in [-0.3, -0.25) is 14.9 Å². The number of quaternary nitrogens is 1. The maximum absolute atomic E-state index is 11.7. The van der Waals surface area contributed by atoms with Crippen LogP contribution in [0.3, 0.4) is 0 Å². The van der Waals surface area contributed by atoms with E-state index >= 15 is 0 Å². The lowest BCUT2D eigenvalue weighted by atomic mass is 10.2. The summed E-state index contributed by atoms with van der Waals surface area (Å²) < 4.78 is 0. The van der Waals surface area contributed by atoms with Crippen LogP contribution in [0.2, 0.25) is 0 Å². The minimum atomic E-state index is -0.454. The minimum Gasteiger partial charge on any atom is -0.347 e. The zero-order valence-electron chi connectivity index (χ0n) is 12.5. The largest absolute Gasteiger partial charge is 0.347 e. The van der Waals surface area contributed by atoms with E-state index in [4.69, 9.17) is 0 Å². The van der Waals surface area contributed by atoms with Crippen LogP contribution in [0.1, 0.15) is 19.4 Å². The first kappa shape index (κ1) is 16.8. The lowest BCUT2D eigenvalue weighted by molar-refractivity contribution is -0.895. The topological polar surface area (TPSA) is 76.7 Å². The second kappa shape index (κ2) is 8.86. The van der Waals surface area contributed by atoms with Crippen molar-refractivity contribution in [2.75, 3.05) is 26.2 Å². The van der Waals surface area contributed by atoms with Crippen LogP contribution in [0.15, 0.2) is 30.3 Å². The molecule has 6 nitrogen and oxygen atoms in total. The molecule has 0 spiro atoms. The third kappa shape index (κ3) is 6.18. The summed E-state index contributed by atoms with van der Waals surface area (Å²) in [5, 5.41) is 13.5. The molecule has 0 aliphatic carbocycles. The first-order chi connectivity index (χ1) is 10.1. The fraction of sp³-hybridized carbons (Fsp3) is 0.400. The molecule has 0 atom stereocenters. The highest BCUT2D eigenvalue weighted by atomic mass is 16.6. The number of non-ortho nitro benzene ring substituents is 1. The third-order valence-corrected chi connectivity index (χ3v) is 3.29. The number of nitrogens with zero attached hydrogens (tertiary/aromatic N) is 1. The average Bonchev–Trinajstić information content (AvgIpc) is 2.50. The molecule has 1 rings (SSSR count). The molecule has 0 unspecified atom stereocenters. The summed E-state index contributed by atoms with van der Waals surface area (Å²) >= 11 is 0. The molecule has 0 aliphatic rings. The minimum absolute atomic E-state index is 0.0164. The van der Waals surface area contributed by atoms with Gasteiger partial charge in [0.05, 0.1) is 31.1 Å². The average molecular weight is 292 g/mol. The second-order valence-electron chi connectivity index (χ2n) is 4.68. The molecule has 1 amide bonds. The van der Waals surface area contributed by atoms with Gasteiger partial charge in [0, 0.05) is 18.2 Å². The molecular formula is C15H22N3O3+. The number of nitro benzene ring substituents is 1. The Kier molecular flexibility index (Phi) is 7.11. The van der Waals surface area contributed by atoms with Crippen LogP contribution in [0, 0.1) is 10.1 Å². The number of nitro groups is 1. The third-order valence-electron chi connectivity index (χ3n) is 3.29. The molecule has 0 saturated heterocycles. The standard InChI is InChI=1S/C15H21N3O3/c1-3-17(4-2)11-10-16-15(19)9-8-13-6-5-7-14(12-13)18(20)21/h5-9,12H,3-4,10-11H2,1-2H3,(H,16,19)/p+1/b9-8+. The van der Waals surface area contributed by atoms with Gasteiger partial charge in [-0.05, 0) is 25.5 Å². The van der Waals surface area contributed by atoms with Crippen LogP contribution in [-0.4, -0.2) is 37.0 Å². The lowest BCUT2D eigenvalue weighted by Gasteiger charge is -2.14. The number of hydrogen-bond donors (Lipinski definition) is 2.